The van der Waals surface area contributed by atoms with Gasteiger partial charge in [0.05, 0.1) is 19.3 Å². The van der Waals surface area contributed by atoms with Crippen molar-refractivity contribution in [2.75, 3.05) is 39.1 Å². The van der Waals surface area contributed by atoms with E-state index in [1.165, 1.54) is 14.0 Å². The zero-order chi connectivity index (χ0) is 15.8. The predicted octanol–water partition coefficient (Wildman–Crippen LogP) is 1.35. The Morgan fingerprint density at radius 2 is 2.10 bits per heavy atom. The third-order valence-electron chi connectivity index (χ3n) is 2.72. The topological polar surface area (TPSA) is 70.7 Å². The Hall–Kier alpha value is -1.79. The lowest BCUT2D eigenvalue weighted by atomic mass is 10.3. The van der Waals surface area contributed by atoms with E-state index < -0.39 is 0 Å². The molecule has 0 bridgehead atoms. The summed E-state index contributed by atoms with van der Waals surface area (Å²) in [6, 6.07) is 5.02. The molecular formula is C14H20ClN3O3. The Labute approximate surface area is 129 Å². The van der Waals surface area contributed by atoms with Gasteiger partial charge in [-0.25, -0.2) is 0 Å². The van der Waals surface area contributed by atoms with Gasteiger partial charge in [0.1, 0.15) is 5.75 Å². The van der Waals surface area contributed by atoms with Crippen LogP contribution in [0.4, 0.5) is 5.69 Å². The van der Waals surface area contributed by atoms with E-state index in [4.69, 9.17) is 16.3 Å². The minimum Gasteiger partial charge on any atom is -0.495 e. The molecule has 0 heterocycles. The van der Waals surface area contributed by atoms with Crippen LogP contribution in [-0.4, -0.2) is 50.5 Å². The first-order valence-corrected chi connectivity index (χ1v) is 6.86. The summed E-state index contributed by atoms with van der Waals surface area (Å²) in [4.78, 5) is 24.5. The molecule has 2 amide bonds. The van der Waals surface area contributed by atoms with Crippen molar-refractivity contribution in [1.29, 1.82) is 0 Å². The number of nitrogens with one attached hydrogen (secondary N) is 2. The summed E-state index contributed by atoms with van der Waals surface area (Å²) in [7, 11) is 3.33. The lowest BCUT2D eigenvalue weighted by molar-refractivity contribution is -0.118. The fourth-order valence-electron chi connectivity index (χ4n) is 1.71. The van der Waals surface area contributed by atoms with Gasteiger partial charge in [0, 0.05) is 25.0 Å². The molecule has 7 heteroatoms. The molecule has 2 N–H and O–H groups in total. The summed E-state index contributed by atoms with van der Waals surface area (Å²) in [6.07, 6.45) is 0. The number of methoxy groups -OCH3 is 1. The summed E-state index contributed by atoms with van der Waals surface area (Å²) >= 11 is 5.90. The molecule has 0 unspecified atom stereocenters. The Bertz CT molecular complexity index is 508. The number of amides is 2. The van der Waals surface area contributed by atoms with Crippen LogP contribution in [-0.2, 0) is 9.59 Å². The van der Waals surface area contributed by atoms with E-state index in [-0.39, 0.29) is 18.4 Å². The van der Waals surface area contributed by atoms with Gasteiger partial charge in [-0.15, -0.1) is 0 Å². The summed E-state index contributed by atoms with van der Waals surface area (Å²) in [6.45, 7) is 2.74. The number of anilines is 1. The van der Waals surface area contributed by atoms with Gasteiger partial charge in [-0.05, 0) is 25.2 Å². The zero-order valence-electron chi connectivity index (χ0n) is 12.4. The molecule has 1 rings (SSSR count). The van der Waals surface area contributed by atoms with E-state index in [9.17, 15) is 9.59 Å². The minimum absolute atomic E-state index is 0.0866. The van der Waals surface area contributed by atoms with Gasteiger partial charge >= 0.3 is 0 Å². The van der Waals surface area contributed by atoms with Gasteiger partial charge in [0.25, 0.3) is 0 Å². The van der Waals surface area contributed by atoms with E-state index in [1.54, 1.807) is 25.2 Å². The number of benzene rings is 1. The largest absolute Gasteiger partial charge is 0.495 e. The number of likely N-dealkylation sites (N-methyl/N-ethyl adjacent to an activating group) is 1. The SMILES string of the molecule is COc1ccc(Cl)cc1NC(=O)CN(C)CCNC(C)=O. The van der Waals surface area contributed by atoms with Crippen molar-refractivity contribution in [2.24, 2.45) is 0 Å². The van der Waals surface area contributed by atoms with Crippen LogP contribution in [0.5, 0.6) is 5.75 Å². The van der Waals surface area contributed by atoms with Crippen LogP contribution in [0.2, 0.25) is 5.02 Å². The lowest BCUT2D eigenvalue weighted by Gasteiger charge is -2.17. The van der Waals surface area contributed by atoms with Gasteiger partial charge in [-0.1, -0.05) is 11.6 Å². The van der Waals surface area contributed by atoms with Crippen LogP contribution in [0.1, 0.15) is 6.92 Å². The van der Waals surface area contributed by atoms with Gasteiger partial charge in [0.2, 0.25) is 11.8 Å². The summed E-state index contributed by atoms with van der Waals surface area (Å²) in [5.74, 6) is 0.283. The quantitative estimate of drug-likeness (QED) is 0.797. The van der Waals surface area contributed by atoms with Gasteiger partial charge in [-0.3, -0.25) is 14.5 Å². The van der Waals surface area contributed by atoms with Gasteiger partial charge < -0.3 is 15.4 Å². The molecule has 1 aromatic rings. The number of nitrogens with zero attached hydrogens (tertiary/aromatic N) is 1. The van der Waals surface area contributed by atoms with Crippen LogP contribution in [0.15, 0.2) is 18.2 Å². The van der Waals surface area contributed by atoms with Crippen molar-refractivity contribution in [3.05, 3.63) is 23.2 Å². The molecule has 0 fully saturated rings. The molecule has 0 saturated carbocycles. The molecule has 0 aliphatic heterocycles. The monoisotopic (exact) mass is 313 g/mol. The Morgan fingerprint density at radius 3 is 2.71 bits per heavy atom. The van der Waals surface area contributed by atoms with Crippen LogP contribution < -0.4 is 15.4 Å². The Morgan fingerprint density at radius 1 is 1.38 bits per heavy atom. The molecule has 0 spiro atoms. The van der Waals surface area contributed by atoms with Crippen LogP contribution in [0, 0.1) is 0 Å². The Balaban J connectivity index is 2.49. The third kappa shape index (κ3) is 6.46. The molecule has 0 saturated heterocycles. The highest BCUT2D eigenvalue weighted by atomic mass is 35.5. The van der Waals surface area contributed by atoms with Crippen molar-refractivity contribution < 1.29 is 14.3 Å². The number of ether oxygens (including phenoxy) is 1. The molecule has 0 aliphatic carbocycles. The Kier molecular flexibility index (Phi) is 6.98. The van der Waals surface area contributed by atoms with Crippen molar-refractivity contribution >= 4 is 29.1 Å². The van der Waals surface area contributed by atoms with E-state index in [2.05, 4.69) is 10.6 Å². The van der Waals surface area contributed by atoms with Crippen molar-refractivity contribution in [3.63, 3.8) is 0 Å². The molecule has 6 nitrogen and oxygen atoms in total. The lowest BCUT2D eigenvalue weighted by Crippen LogP contribution is -2.36. The number of carbonyl (C=O) groups excluding carboxylic acids is 2. The van der Waals surface area contributed by atoms with E-state index in [1.807, 2.05) is 4.90 Å². The van der Waals surface area contributed by atoms with Crippen molar-refractivity contribution in [3.8, 4) is 5.75 Å². The number of halogens is 1. The molecule has 21 heavy (non-hydrogen) atoms. The average Bonchev–Trinajstić information content (AvgIpc) is 2.38. The summed E-state index contributed by atoms with van der Waals surface area (Å²) < 4.78 is 5.16. The number of hydrogen-bond acceptors (Lipinski definition) is 4. The second-order valence-electron chi connectivity index (χ2n) is 4.61. The smallest absolute Gasteiger partial charge is 0.238 e. The normalized spacial score (nSPS) is 10.3. The summed E-state index contributed by atoms with van der Waals surface area (Å²) in [5, 5.41) is 5.95. The number of hydrogen-bond donors (Lipinski definition) is 2. The third-order valence-corrected chi connectivity index (χ3v) is 2.95. The highest BCUT2D eigenvalue weighted by Gasteiger charge is 2.10. The van der Waals surface area contributed by atoms with Crippen LogP contribution >= 0.6 is 11.6 Å². The average molecular weight is 314 g/mol. The first-order chi connectivity index (χ1) is 9.92. The van der Waals surface area contributed by atoms with Gasteiger partial charge in [0.15, 0.2) is 0 Å². The first-order valence-electron chi connectivity index (χ1n) is 6.48. The molecule has 0 aliphatic rings. The fraction of sp³-hybridized carbons (Fsp3) is 0.429. The fourth-order valence-corrected chi connectivity index (χ4v) is 1.89. The maximum atomic E-state index is 12.0. The molecule has 0 aromatic heterocycles. The summed E-state index contributed by atoms with van der Waals surface area (Å²) in [5.41, 5.74) is 0.533. The second kappa shape index (κ2) is 8.49. The maximum absolute atomic E-state index is 12.0. The minimum atomic E-state index is -0.180. The molecule has 0 atom stereocenters. The molecule has 0 radical (unpaired) electrons. The van der Waals surface area contributed by atoms with Gasteiger partial charge in [-0.2, -0.15) is 0 Å². The van der Waals surface area contributed by atoms with E-state index in [0.717, 1.165) is 0 Å². The molecule has 116 valence electrons. The van der Waals surface area contributed by atoms with E-state index in [0.29, 0.717) is 29.5 Å². The predicted molar refractivity (Wildman–Crippen MR) is 82.8 cm³/mol. The molecular weight excluding hydrogens is 294 g/mol. The number of carbonyl (C=O) groups is 2. The maximum Gasteiger partial charge on any atom is 0.238 e. The van der Waals surface area contributed by atoms with Crippen molar-refractivity contribution in [1.82, 2.24) is 10.2 Å². The number of rotatable bonds is 7. The highest BCUT2D eigenvalue weighted by Crippen LogP contribution is 2.27. The standard InChI is InChI=1S/C14H20ClN3O3/c1-10(19)16-6-7-18(2)9-14(20)17-12-8-11(15)4-5-13(12)21-3/h4-5,8H,6-7,9H2,1-3H3,(H,16,19)(H,17,20). The first kappa shape index (κ1) is 17.3. The van der Waals surface area contributed by atoms with Crippen LogP contribution in [0.3, 0.4) is 0 Å². The second-order valence-corrected chi connectivity index (χ2v) is 5.05. The molecule has 1 aromatic carbocycles. The van der Waals surface area contributed by atoms with Crippen molar-refractivity contribution in [2.45, 2.75) is 6.92 Å². The highest BCUT2D eigenvalue weighted by molar-refractivity contribution is 6.31. The zero-order valence-corrected chi connectivity index (χ0v) is 13.2. The van der Waals surface area contributed by atoms with Crippen LogP contribution in [0.25, 0.3) is 0 Å². The van der Waals surface area contributed by atoms with E-state index >= 15 is 0 Å².